The quantitative estimate of drug-likeness (QED) is 0.869. The predicted octanol–water partition coefficient (Wildman–Crippen LogP) is 4.46. The summed E-state index contributed by atoms with van der Waals surface area (Å²) in [5.41, 5.74) is 2.54. The summed E-state index contributed by atoms with van der Waals surface area (Å²) in [6.45, 7) is 3.74. The van der Waals surface area contributed by atoms with Crippen LogP contribution in [0, 0.1) is 19.7 Å². The number of aryl methyl sites for hydroxylation is 2. The van der Waals surface area contributed by atoms with Crippen molar-refractivity contribution in [2.75, 3.05) is 5.32 Å². The van der Waals surface area contributed by atoms with Crippen LogP contribution in [0.1, 0.15) is 21.5 Å². The highest BCUT2D eigenvalue weighted by atomic mass is 79.9. The molecule has 2 rings (SSSR count). The third kappa shape index (κ3) is 3.41. The van der Waals surface area contributed by atoms with Crippen LogP contribution in [-0.4, -0.2) is 5.91 Å². The second kappa shape index (κ2) is 5.53. The Bertz CT molecular complexity index is 620. The van der Waals surface area contributed by atoms with Crippen molar-refractivity contribution in [2.45, 2.75) is 13.8 Å². The Morgan fingerprint density at radius 2 is 1.84 bits per heavy atom. The van der Waals surface area contributed by atoms with Crippen LogP contribution in [0.3, 0.4) is 0 Å². The minimum absolute atomic E-state index is 0.0534. The fourth-order valence-electron chi connectivity index (χ4n) is 1.82. The maximum Gasteiger partial charge on any atom is 0.258 e. The number of anilines is 1. The molecule has 0 aliphatic carbocycles. The Balaban J connectivity index is 2.28. The molecule has 98 valence electrons. The van der Waals surface area contributed by atoms with E-state index in [1.165, 1.54) is 12.1 Å². The van der Waals surface area contributed by atoms with E-state index in [1.807, 2.05) is 26.0 Å². The molecule has 0 spiro atoms. The second-order valence-electron chi connectivity index (χ2n) is 4.45. The lowest BCUT2D eigenvalue weighted by molar-refractivity contribution is 0.102. The van der Waals surface area contributed by atoms with E-state index < -0.39 is 11.7 Å². The molecule has 0 aliphatic rings. The molecule has 0 aliphatic heterocycles. The maximum absolute atomic E-state index is 13.6. The molecule has 2 aromatic rings. The molecule has 0 bridgehead atoms. The lowest BCUT2D eigenvalue weighted by atomic mass is 10.1. The number of carbonyl (C=O) groups is 1. The summed E-state index contributed by atoms with van der Waals surface area (Å²) in [6.07, 6.45) is 0. The standard InChI is InChI=1S/C15H13BrFNO/c1-9-3-4-14(17)13(7-9)15(19)18-12-6-10(2)5-11(16)8-12/h3-8H,1-2H3,(H,18,19). The van der Waals surface area contributed by atoms with Crippen LogP contribution < -0.4 is 5.32 Å². The Hall–Kier alpha value is -1.68. The van der Waals surface area contributed by atoms with Crippen LogP contribution in [0.25, 0.3) is 0 Å². The van der Waals surface area contributed by atoms with Crippen molar-refractivity contribution in [3.8, 4) is 0 Å². The van der Waals surface area contributed by atoms with Crippen LogP contribution in [0.15, 0.2) is 40.9 Å². The van der Waals surface area contributed by atoms with E-state index in [9.17, 15) is 9.18 Å². The molecule has 1 amide bonds. The molecule has 0 fully saturated rings. The Morgan fingerprint density at radius 3 is 2.53 bits per heavy atom. The minimum atomic E-state index is -0.519. The van der Waals surface area contributed by atoms with Crippen molar-refractivity contribution in [3.05, 3.63) is 63.4 Å². The van der Waals surface area contributed by atoms with Crippen LogP contribution in [0.2, 0.25) is 0 Å². The van der Waals surface area contributed by atoms with Gasteiger partial charge in [0.05, 0.1) is 5.56 Å². The first-order valence-corrected chi connectivity index (χ1v) is 6.60. The normalized spacial score (nSPS) is 10.3. The highest BCUT2D eigenvalue weighted by Gasteiger charge is 2.12. The zero-order valence-corrected chi connectivity index (χ0v) is 12.2. The van der Waals surface area contributed by atoms with Gasteiger partial charge < -0.3 is 5.32 Å². The monoisotopic (exact) mass is 321 g/mol. The van der Waals surface area contributed by atoms with E-state index in [0.717, 1.165) is 15.6 Å². The highest BCUT2D eigenvalue weighted by molar-refractivity contribution is 9.10. The average molecular weight is 322 g/mol. The van der Waals surface area contributed by atoms with Crippen molar-refractivity contribution in [3.63, 3.8) is 0 Å². The molecule has 0 unspecified atom stereocenters. The summed E-state index contributed by atoms with van der Waals surface area (Å²) in [5.74, 6) is -0.964. The fourth-order valence-corrected chi connectivity index (χ4v) is 2.43. The maximum atomic E-state index is 13.6. The number of halogens is 2. The lowest BCUT2D eigenvalue weighted by Crippen LogP contribution is -2.14. The first kappa shape index (κ1) is 13.7. The summed E-state index contributed by atoms with van der Waals surface area (Å²) in [7, 11) is 0. The molecule has 0 atom stereocenters. The summed E-state index contributed by atoms with van der Waals surface area (Å²) >= 11 is 3.36. The van der Waals surface area contributed by atoms with E-state index in [0.29, 0.717) is 5.69 Å². The fraction of sp³-hybridized carbons (Fsp3) is 0.133. The molecule has 1 N–H and O–H groups in total. The van der Waals surface area contributed by atoms with Gasteiger partial charge in [-0.1, -0.05) is 27.6 Å². The van der Waals surface area contributed by atoms with Gasteiger partial charge in [0.15, 0.2) is 0 Å². The molecular formula is C15H13BrFNO. The van der Waals surface area contributed by atoms with E-state index in [2.05, 4.69) is 21.2 Å². The van der Waals surface area contributed by atoms with Gasteiger partial charge >= 0.3 is 0 Å². The van der Waals surface area contributed by atoms with E-state index >= 15 is 0 Å². The number of rotatable bonds is 2. The molecule has 19 heavy (non-hydrogen) atoms. The molecule has 0 saturated carbocycles. The number of amides is 1. The van der Waals surface area contributed by atoms with Gasteiger partial charge in [0.1, 0.15) is 5.82 Å². The predicted molar refractivity (Wildman–Crippen MR) is 78.0 cm³/mol. The molecule has 0 saturated heterocycles. The zero-order chi connectivity index (χ0) is 14.0. The SMILES string of the molecule is Cc1cc(Br)cc(NC(=O)c2cc(C)ccc2F)c1. The van der Waals surface area contributed by atoms with Crippen LogP contribution in [-0.2, 0) is 0 Å². The van der Waals surface area contributed by atoms with Crippen LogP contribution in [0.4, 0.5) is 10.1 Å². The molecule has 4 heteroatoms. The zero-order valence-electron chi connectivity index (χ0n) is 10.6. The summed E-state index contributed by atoms with van der Waals surface area (Å²) in [4.78, 5) is 12.0. The molecule has 0 heterocycles. The molecule has 2 nitrogen and oxygen atoms in total. The van der Waals surface area contributed by atoms with Gasteiger partial charge in [0.25, 0.3) is 5.91 Å². The summed E-state index contributed by atoms with van der Waals surface area (Å²) in [6, 6.07) is 10.0. The van der Waals surface area contributed by atoms with Gasteiger partial charge in [-0.2, -0.15) is 0 Å². The first-order valence-electron chi connectivity index (χ1n) is 5.80. The van der Waals surface area contributed by atoms with Gasteiger partial charge in [0, 0.05) is 10.2 Å². The number of hydrogen-bond acceptors (Lipinski definition) is 1. The van der Waals surface area contributed by atoms with Gasteiger partial charge in [0.2, 0.25) is 0 Å². The van der Waals surface area contributed by atoms with Crippen LogP contribution >= 0.6 is 15.9 Å². The highest BCUT2D eigenvalue weighted by Crippen LogP contribution is 2.20. The smallest absolute Gasteiger partial charge is 0.258 e. The van der Waals surface area contributed by atoms with Gasteiger partial charge in [-0.15, -0.1) is 0 Å². The Kier molecular flexibility index (Phi) is 4.00. The number of hydrogen-bond donors (Lipinski definition) is 1. The van der Waals surface area contributed by atoms with Crippen molar-refractivity contribution in [2.24, 2.45) is 0 Å². The van der Waals surface area contributed by atoms with Gasteiger partial charge in [-0.05, 0) is 49.7 Å². The molecule has 2 aromatic carbocycles. The average Bonchev–Trinajstić information content (AvgIpc) is 2.30. The molecule has 0 radical (unpaired) electrons. The van der Waals surface area contributed by atoms with Gasteiger partial charge in [-0.25, -0.2) is 4.39 Å². The second-order valence-corrected chi connectivity index (χ2v) is 5.37. The van der Waals surface area contributed by atoms with Crippen LogP contribution in [0.5, 0.6) is 0 Å². The van der Waals surface area contributed by atoms with Crippen molar-refractivity contribution >= 4 is 27.5 Å². The summed E-state index contributed by atoms with van der Waals surface area (Å²) < 4.78 is 14.5. The first-order chi connectivity index (χ1) is 8.95. The minimum Gasteiger partial charge on any atom is -0.322 e. The molecule has 0 aromatic heterocycles. The van der Waals surface area contributed by atoms with Crippen molar-refractivity contribution < 1.29 is 9.18 Å². The van der Waals surface area contributed by atoms with Crippen molar-refractivity contribution in [1.82, 2.24) is 0 Å². The third-order valence-corrected chi connectivity index (χ3v) is 3.12. The number of carbonyl (C=O) groups excluding carboxylic acids is 1. The van der Waals surface area contributed by atoms with Crippen molar-refractivity contribution in [1.29, 1.82) is 0 Å². The largest absolute Gasteiger partial charge is 0.322 e. The topological polar surface area (TPSA) is 29.1 Å². The number of benzene rings is 2. The van der Waals surface area contributed by atoms with E-state index in [1.54, 1.807) is 12.1 Å². The summed E-state index contributed by atoms with van der Waals surface area (Å²) in [5, 5.41) is 2.70. The van der Waals surface area contributed by atoms with E-state index in [-0.39, 0.29) is 5.56 Å². The lowest BCUT2D eigenvalue weighted by Gasteiger charge is -2.08. The third-order valence-electron chi connectivity index (χ3n) is 2.67. The Morgan fingerprint density at radius 1 is 1.11 bits per heavy atom. The van der Waals surface area contributed by atoms with Gasteiger partial charge in [-0.3, -0.25) is 4.79 Å². The number of nitrogens with one attached hydrogen (secondary N) is 1. The van der Waals surface area contributed by atoms with E-state index in [4.69, 9.17) is 0 Å². The Labute approximate surface area is 119 Å². The molecular weight excluding hydrogens is 309 g/mol.